The first kappa shape index (κ1) is 24.3. The van der Waals surface area contributed by atoms with Gasteiger partial charge in [-0.05, 0) is 42.8 Å². The lowest BCUT2D eigenvalue weighted by molar-refractivity contribution is -0.384. The van der Waals surface area contributed by atoms with E-state index in [0.29, 0.717) is 24.0 Å². The summed E-state index contributed by atoms with van der Waals surface area (Å²) in [6.45, 7) is 1.40. The highest BCUT2D eigenvalue weighted by molar-refractivity contribution is 5.97. The van der Waals surface area contributed by atoms with Crippen molar-refractivity contribution in [3.8, 4) is 5.75 Å². The van der Waals surface area contributed by atoms with E-state index in [1.807, 2.05) is 6.92 Å². The minimum atomic E-state index is -0.887. The zero-order valence-corrected chi connectivity index (χ0v) is 17.3. The molecule has 0 fully saturated rings. The van der Waals surface area contributed by atoms with Crippen LogP contribution in [0.1, 0.15) is 30.1 Å². The highest BCUT2D eigenvalue weighted by atomic mass is 19.1. The highest BCUT2D eigenvalue weighted by Crippen LogP contribution is 2.24. The summed E-state index contributed by atoms with van der Waals surface area (Å²) in [5.74, 6) is -2.48. The number of ether oxygens (including phenoxy) is 2. The first-order valence-electron chi connectivity index (χ1n) is 9.70. The van der Waals surface area contributed by atoms with Crippen molar-refractivity contribution in [2.24, 2.45) is 0 Å². The first-order chi connectivity index (χ1) is 15.3. The summed E-state index contributed by atoms with van der Waals surface area (Å²) in [6, 6.07) is 8.99. The van der Waals surface area contributed by atoms with Gasteiger partial charge in [-0.1, -0.05) is 13.3 Å². The molecule has 0 radical (unpaired) electrons. The number of carbonyl (C=O) groups excluding carboxylic acids is 3. The third-order valence-electron chi connectivity index (χ3n) is 4.07. The second kappa shape index (κ2) is 12.0. The summed E-state index contributed by atoms with van der Waals surface area (Å²) >= 11 is 0. The molecule has 0 aliphatic carbocycles. The van der Waals surface area contributed by atoms with Crippen LogP contribution in [-0.2, 0) is 14.3 Å². The van der Waals surface area contributed by atoms with Gasteiger partial charge in [-0.15, -0.1) is 0 Å². The molecule has 0 aliphatic heterocycles. The molecule has 0 saturated heterocycles. The van der Waals surface area contributed by atoms with Crippen LogP contribution in [0.25, 0.3) is 0 Å². The number of nitrogens with zero attached hydrogens (tertiary/aromatic N) is 1. The van der Waals surface area contributed by atoms with Gasteiger partial charge in [-0.25, -0.2) is 4.39 Å². The fraction of sp³-hybridized carbons (Fsp3) is 0.286. The fourth-order valence-electron chi connectivity index (χ4n) is 2.44. The number of amides is 2. The summed E-state index contributed by atoms with van der Waals surface area (Å²) in [4.78, 5) is 45.8. The van der Waals surface area contributed by atoms with Gasteiger partial charge in [0.15, 0.2) is 6.61 Å². The van der Waals surface area contributed by atoms with Crippen LogP contribution in [0.15, 0.2) is 42.5 Å². The smallest absolute Gasteiger partial charge is 0.325 e. The van der Waals surface area contributed by atoms with E-state index in [9.17, 15) is 28.9 Å². The standard InChI is InChI=1S/C21H22FN3O7/c1-2-3-10-31-16-7-4-14(5-8-16)21(28)23-12-20(27)32-13-19(26)24-17-9-6-15(22)11-18(17)25(29)30/h4-9,11H,2-3,10,12-13H2,1H3,(H,23,28)(H,24,26). The Labute approximate surface area is 182 Å². The van der Waals surface area contributed by atoms with E-state index in [-0.39, 0.29) is 5.69 Å². The number of rotatable bonds is 11. The number of benzene rings is 2. The largest absolute Gasteiger partial charge is 0.494 e. The number of nitrogens with one attached hydrogen (secondary N) is 2. The summed E-state index contributed by atoms with van der Waals surface area (Å²) in [5.41, 5.74) is -0.575. The molecule has 10 nitrogen and oxygen atoms in total. The molecule has 0 saturated carbocycles. The number of hydrogen-bond acceptors (Lipinski definition) is 7. The Balaban J connectivity index is 1.77. The Morgan fingerprint density at radius 3 is 2.50 bits per heavy atom. The molecule has 0 spiro atoms. The Kier molecular flexibility index (Phi) is 9.08. The quantitative estimate of drug-likeness (QED) is 0.234. The Hall–Kier alpha value is -4.02. The monoisotopic (exact) mass is 447 g/mol. The van der Waals surface area contributed by atoms with Crippen molar-refractivity contribution in [3.05, 3.63) is 64.0 Å². The lowest BCUT2D eigenvalue weighted by Crippen LogP contribution is -2.32. The second-order valence-corrected chi connectivity index (χ2v) is 6.54. The molecule has 0 bridgehead atoms. The van der Waals surface area contributed by atoms with Gasteiger partial charge < -0.3 is 20.1 Å². The second-order valence-electron chi connectivity index (χ2n) is 6.54. The Morgan fingerprint density at radius 1 is 1.12 bits per heavy atom. The van der Waals surface area contributed by atoms with E-state index >= 15 is 0 Å². The molecule has 0 aromatic heterocycles. The molecular formula is C21H22FN3O7. The van der Waals surface area contributed by atoms with E-state index in [4.69, 9.17) is 9.47 Å². The number of unbranched alkanes of at least 4 members (excludes halogenated alkanes) is 1. The number of esters is 1. The van der Waals surface area contributed by atoms with Crippen molar-refractivity contribution >= 4 is 29.2 Å². The number of anilines is 1. The normalized spacial score (nSPS) is 10.2. The topological polar surface area (TPSA) is 137 Å². The van der Waals surface area contributed by atoms with Crippen molar-refractivity contribution in [2.75, 3.05) is 25.1 Å². The van der Waals surface area contributed by atoms with E-state index in [1.165, 1.54) is 0 Å². The van der Waals surface area contributed by atoms with Crippen LogP contribution in [0.3, 0.4) is 0 Å². The molecule has 0 atom stereocenters. The summed E-state index contributed by atoms with van der Waals surface area (Å²) in [6.07, 6.45) is 1.92. The molecule has 32 heavy (non-hydrogen) atoms. The van der Waals surface area contributed by atoms with Crippen molar-refractivity contribution in [1.29, 1.82) is 0 Å². The minimum absolute atomic E-state index is 0.243. The maximum Gasteiger partial charge on any atom is 0.325 e. The first-order valence-corrected chi connectivity index (χ1v) is 9.70. The van der Waals surface area contributed by atoms with E-state index in [1.54, 1.807) is 24.3 Å². The Morgan fingerprint density at radius 2 is 1.84 bits per heavy atom. The van der Waals surface area contributed by atoms with Crippen molar-refractivity contribution in [2.45, 2.75) is 19.8 Å². The number of nitro benzene ring substituents is 1. The van der Waals surface area contributed by atoms with Crippen molar-refractivity contribution < 1.29 is 33.2 Å². The van der Waals surface area contributed by atoms with Crippen LogP contribution < -0.4 is 15.4 Å². The number of nitro groups is 1. The van der Waals surface area contributed by atoms with E-state index in [2.05, 4.69) is 10.6 Å². The zero-order chi connectivity index (χ0) is 23.5. The van der Waals surface area contributed by atoms with Crippen molar-refractivity contribution in [3.63, 3.8) is 0 Å². The van der Waals surface area contributed by atoms with E-state index in [0.717, 1.165) is 25.0 Å². The predicted octanol–water partition coefficient (Wildman–Crippen LogP) is 2.82. The van der Waals surface area contributed by atoms with Gasteiger partial charge in [-0.2, -0.15) is 0 Å². The maximum atomic E-state index is 13.1. The maximum absolute atomic E-state index is 13.1. The predicted molar refractivity (Wildman–Crippen MR) is 112 cm³/mol. The van der Waals surface area contributed by atoms with Gasteiger partial charge in [0.2, 0.25) is 0 Å². The molecule has 0 unspecified atom stereocenters. The van der Waals surface area contributed by atoms with Gasteiger partial charge >= 0.3 is 5.97 Å². The number of carbonyl (C=O) groups is 3. The number of hydrogen-bond donors (Lipinski definition) is 2. The Bertz CT molecular complexity index is 980. The molecular weight excluding hydrogens is 425 g/mol. The summed E-state index contributed by atoms with van der Waals surface area (Å²) in [7, 11) is 0. The van der Waals surface area contributed by atoms with Crippen LogP contribution in [0.4, 0.5) is 15.8 Å². The molecule has 170 valence electrons. The summed E-state index contributed by atoms with van der Waals surface area (Å²) in [5, 5.41) is 15.4. The molecule has 2 amide bonds. The minimum Gasteiger partial charge on any atom is -0.494 e. The lowest BCUT2D eigenvalue weighted by Gasteiger charge is -2.09. The van der Waals surface area contributed by atoms with Gasteiger partial charge in [0.1, 0.15) is 23.8 Å². The molecule has 2 aromatic rings. The molecule has 2 aromatic carbocycles. The molecule has 2 rings (SSSR count). The van der Waals surface area contributed by atoms with Gasteiger partial charge in [0.05, 0.1) is 17.6 Å². The van der Waals surface area contributed by atoms with Crippen molar-refractivity contribution in [1.82, 2.24) is 5.32 Å². The molecule has 2 N–H and O–H groups in total. The van der Waals surface area contributed by atoms with Crippen LogP contribution in [0.2, 0.25) is 0 Å². The lowest BCUT2D eigenvalue weighted by atomic mass is 10.2. The zero-order valence-electron chi connectivity index (χ0n) is 17.3. The van der Waals surface area contributed by atoms with Gasteiger partial charge in [0, 0.05) is 5.56 Å². The van der Waals surface area contributed by atoms with Gasteiger partial charge in [-0.3, -0.25) is 24.5 Å². The average Bonchev–Trinajstić information content (AvgIpc) is 2.77. The van der Waals surface area contributed by atoms with Gasteiger partial charge in [0.25, 0.3) is 17.5 Å². The molecule has 0 aliphatic rings. The SMILES string of the molecule is CCCCOc1ccc(C(=O)NCC(=O)OCC(=O)Nc2ccc(F)cc2[N+](=O)[O-])cc1. The summed E-state index contributed by atoms with van der Waals surface area (Å²) < 4.78 is 23.4. The van der Waals surface area contributed by atoms with Crippen LogP contribution in [0, 0.1) is 15.9 Å². The fourth-order valence-corrected chi connectivity index (χ4v) is 2.44. The average molecular weight is 447 g/mol. The third kappa shape index (κ3) is 7.67. The van der Waals surface area contributed by atoms with Crippen LogP contribution in [0.5, 0.6) is 5.75 Å². The highest BCUT2D eigenvalue weighted by Gasteiger charge is 2.18. The van der Waals surface area contributed by atoms with Crippen LogP contribution in [-0.4, -0.2) is 42.5 Å². The third-order valence-corrected chi connectivity index (χ3v) is 4.07. The molecule has 11 heteroatoms. The number of halogens is 1. The van der Waals surface area contributed by atoms with E-state index < -0.39 is 47.4 Å². The van der Waals surface area contributed by atoms with Crippen LogP contribution >= 0.6 is 0 Å². The molecule has 0 heterocycles.